The van der Waals surface area contributed by atoms with Crippen molar-refractivity contribution in [1.82, 2.24) is 0 Å². The Morgan fingerprint density at radius 2 is 2.04 bits per heavy atom. The van der Waals surface area contributed by atoms with Gasteiger partial charge in [-0.25, -0.2) is 0 Å². The summed E-state index contributed by atoms with van der Waals surface area (Å²) in [7, 11) is 0. The molecule has 2 nitrogen and oxygen atoms in total. The number of fused-ring (bicyclic) bond motifs is 3. The van der Waals surface area contributed by atoms with Crippen LogP contribution in [0.25, 0.3) is 0 Å². The van der Waals surface area contributed by atoms with Crippen molar-refractivity contribution < 1.29 is 9.84 Å². The topological polar surface area (TPSA) is 29.5 Å². The summed E-state index contributed by atoms with van der Waals surface area (Å²) in [5, 5.41) is 10.7. The molecule has 1 aromatic rings. The maximum absolute atomic E-state index is 10.7. The van der Waals surface area contributed by atoms with Gasteiger partial charge in [-0.3, -0.25) is 0 Å². The van der Waals surface area contributed by atoms with Gasteiger partial charge in [0.2, 0.25) is 0 Å². The van der Waals surface area contributed by atoms with Crippen LogP contribution in [0.15, 0.2) is 23.8 Å². The first kappa shape index (κ1) is 16.4. The average molecular weight is 318 g/mol. The number of hydrogen-bond acceptors (Lipinski definition) is 2. The Labute approximate surface area is 140 Å². The average Bonchev–Trinajstić information content (AvgIpc) is 2.46. The highest BCUT2D eigenvalue weighted by Crippen LogP contribution is 2.53. The van der Waals surface area contributed by atoms with E-state index in [1.54, 1.807) is 0 Å². The zero-order valence-electron chi connectivity index (χ0n) is 15.0. The van der Waals surface area contributed by atoms with Gasteiger partial charge in [-0.15, -0.1) is 0 Å². The van der Waals surface area contributed by atoms with Crippen molar-refractivity contribution in [2.75, 3.05) is 0 Å². The third kappa shape index (κ3) is 3.13. The number of ether oxygens (including phenoxy) is 1. The number of allylic oxidation sites excluding steroid dienone is 2. The molecule has 23 heavy (non-hydrogen) atoms. The molecule has 1 aromatic carbocycles. The van der Waals surface area contributed by atoms with Gasteiger partial charge >= 0.3 is 0 Å². The number of rotatable bonds is 4. The number of unbranched alkanes of at least 4 members (excludes halogenated alkanes) is 2. The molecule has 0 radical (unpaired) electrons. The van der Waals surface area contributed by atoms with Gasteiger partial charge in [0, 0.05) is 17.4 Å². The minimum atomic E-state index is -0.177. The van der Waals surface area contributed by atoms with Crippen LogP contribution in [0.4, 0.5) is 0 Å². The smallest absolute Gasteiger partial charge is 0.127 e. The first-order valence-electron chi connectivity index (χ1n) is 9.14. The normalized spacial score (nSPS) is 25.1. The van der Waals surface area contributed by atoms with Crippen LogP contribution < -0.4 is 4.74 Å². The van der Waals surface area contributed by atoms with Gasteiger partial charge in [0.05, 0.1) is 0 Å². The van der Waals surface area contributed by atoms with E-state index >= 15 is 0 Å². The Morgan fingerprint density at radius 3 is 2.78 bits per heavy atom. The van der Waals surface area contributed by atoms with Crippen LogP contribution in [0.3, 0.4) is 0 Å². The van der Waals surface area contributed by atoms with Gasteiger partial charge in [-0.1, -0.05) is 31.4 Å². The molecule has 0 fully saturated rings. The highest BCUT2D eigenvalue weighted by Gasteiger charge is 2.45. The lowest BCUT2D eigenvalue weighted by Gasteiger charge is -2.46. The number of benzene rings is 1. The molecule has 126 valence electrons. The molecule has 2 heteroatoms. The van der Waals surface area contributed by atoms with Crippen molar-refractivity contribution in [2.45, 2.75) is 77.7 Å². The monoisotopic (exact) mass is 318 g/mol. The number of hydrogen-bond donors (Lipinski definition) is 1. The Morgan fingerprint density at radius 1 is 1.26 bits per heavy atom. The van der Waals surface area contributed by atoms with E-state index in [1.165, 1.54) is 30.4 Å². The first-order chi connectivity index (χ1) is 10.9. The fraction of sp³-hybridized carbons (Fsp3) is 0.619. The fourth-order valence-corrected chi connectivity index (χ4v) is 4.30. The molecule has 0 saturated carbocycles. The fourth-order valence-electron chi connectivity index (χ4n) is 4.30. The summed E-state index contributed by atoms with van der Waals surface area (Å²) in [4.78, 5) is 0. The molecule has 0 bridgehead atoms. The Bertz CT molecular complexity index is 613. The van der Waals surface area contributed by atoms with E-state index in [-0.39, 0.29) is 11.5 Å². The zero-order chi connectivity index (χ0) is 16.6. The standard InChI is InChI=1S/C21H30O2/c1-5-6-7-8-15-12-18(22)20-16-11-14(2)9-10-17(16)21(3,4)23-19(20)13-15/h11-13,16-17,22H,5-10H2,1-4H3/t16-,17-/m1/s1/i1+1,5+1,6+1,7+1. The second kappa shape index (κ2) is 6.22. The molecule has 1 aliphatic carbocycles. The third-order valence-electron chi connectivity index (χ3n) is 5.60. The lowest BCUT2D eigenvalue weighted by molar-refractivity contribution is 0.0107. The van der Waals surface area contributed by atoms with Gasteiger partial charge < -0.3 is 9.84 Å². The van der Waals surface area contributed by atoms with E-state index < -0.39 is 0 Å². The quantitative estimate of drug-likeness (QED) is 0.436. The van der Waals surface area contributed by atoms with Crippen LogP contribution in [0.2, 0.25) is 0 Å². The molecule has 0 amide bonds. The maximum Gasteiger partial charge on any atom is 0.127 e. The predicted octanol–water partition coefficient (Wildman–Crippen LogP) is 5.74. The van der Waals surface area contributed by atoms with Crippen LogP contribution >= 0.6 is 0 Å². The predicted molar refractivity (Wildman–Crippen MR) is 95.3 cm³/mol. The largest absolute Gasteiger partial charge is 0.507 e. The molecular weight excluding hydrogens is 288 g/mol. The van der Waals surface area contributed by atoms with Gasteiger partial charge in [0.1, 0.15) is 17.1 Å². The molecule has 0 spiro atoms. The maximum atomic E-state index is 10.7. The van der Waals surface area contributed by atoms with Crippen molar-refractivity contribution >= 4 is 0 Å². The van der Waals surface area contributed by atoms with Crippen LogP contribution in [0.1, 0.15) is 76.8 Å². The molecular formula is C21H30O2. The minimum Gasteiger partial charge on any atom is -0.507 e. The minimum absolute atomic E-state index is 0.177. The lowest BCUT2D eigenvalue weighted by Crippen LogP contribution is -2.45. The zero-order valence-corrected chi connectivity index (χ0v) is 15.0. The molecule has 2 atom stereocenters. The van der Waals surface area contributed by atoms with E-state index in [4.69, 9.17) is 4.74 Å². The highest BCUT2D eigenvalue weighted by atomic mass is 16.5. The second-order valence-corrected chi connectivity index (χ2v) is 7.87. The van der Waals surface area contributed by atoms with Crippen LogP contribution in [0.5, 0.6) is 11.5 Å². The van der Waals surface area contributed by atoms with E-state index in [1.807, 2.05) is 6.07 Å². The summed E-state index contributed by atoms with van der Waals surface area (Å²) in [5.41, 5.74) is 3.46. The van der Waals surface area contributed by atoms with Crippen molar-refractivity contribution in [1.29, 1.82) is 0 Å². The van der Waals surface area contributed by atoms with E-state index in [0.717, 1.165) is 30.6 Å². The summed E-state index contributed by atoms with van der Waals surface area (Å²) in [6.07, 6.45) is 9.26. The van der Waals surface area contributed by atoms with E-state index in [0.29, 0.717) is 11.7 Å². The molecule has 3 rings (SSSR count). The summed E-state index contributed by atoms with van der Waals surface area (Å²) >= 11 is 0. The van der Waals surface area contributed by atoms with Crippen molar-refractivity contribution in [3.8, 4) is 11.5 Å². The third-order valence-corrected chi connectivity index (χ3v) is 5.60. The Kier molecular flexibility index (Phi) is 4.44. The van der Waals surface area contributed by atoms with Crippen molar-refractivity contribution in [3.05, 3.63) is 34.9 Å². The molecule has 0 unspecified atom stereocenters. The van der Waals surface area contributed by atoms with E-state index in [2.05, 4.69) is 39.8 Å². The Balaban J connectivity index is 1.99. The second-order valence-electron chi connectivity index (χ2n) is 7.87. The molecule has 0 saturated heterocycles. The summed E-state index contributed by atoms with van der Waals surface area (Å²) in [6.45, 7) is 8.81. The van der Waals surface area contributed by atoms with Gasteiger partial charge in [-0.05, 0) is 64.2 Å². The summed E-state index contributed by atoms with van der Waals surface area (Å²) in [6, 6.07) is 4.13. The van der Waals surface area contributed by atoms with Crippen LogP contribution in [-0.2, 0) is 6.42 Å². The molecule has 2 aliphatic rings. The highest BCUT2D eigenvalue weighted by molar-refractivity contribution is 5.53. The summed E-state index contributed by atoms with van der Waals surface area (Å²) in [5.74, 6) is 2.04. The van der Waals surface area contributed by atoms with Crippen LogP contribution in [-0.4, -0.2) is 10.7 Å². The molecule has 0 aromatic heterocycles. The SMILES string of the molecule is CC1=C[C@H]2c3c(O)cc(C[13CH2][13CH2][13CH2][13CH3])cc3OC(C)(C)[C@@H]2CC1. The molecule has 1 heterocycles. The van der Waals surface area contributed by atoms with Gasteiger partial charge in [0.15, 0.2) is 0 Å². The number of phenols is 1. The summed E-state index contributed by atoms with van der Waals surface area (Å²) < 4.78 is 6.36. The number of aryl methyl sites for hydroxylation is 1. The van der Waals surface area contributed by atoms with Gasteiger partial charge in [-0.2, -0.15) is 0 Å². The molecule has 1 N–H and O–H groups in total. The van der Waals surface area contributed by atoms with Crippen molar-refractivity contribution in [3.63, 3.8) is 0 Å². The van der Waals surface area contributed by atoms with Crippen molar-refractivity contribution in [2.24, 2.45) is 5.92 Å². The Hall–Kier alpha value is -1.44. The van der Waals surface area contributed by atoms with Gasteiger partial charge in [0.25, 0.3) is 0 Å². The molecule has 1 aliphatic heterocycles. The first-order valence-corrected chi connectivity index (χ1v) is 9.14. The number of aromatic hydroxyl groups is 1. The number of phenolic OH excluding ortho intramolecular Hbond substituents is 1. The lowest BCUT2D eigenvalue weighted by atomic mass is 9.68. The van der Waals surface area contributed by atoms with E-state index in [9.17, 15) is 5.11 Å². The van der Waals surface area contributed by atoms with Crippen LogP contribution in [0, 0.1) is 5.92 Å².